The van der Waals surface area contributed by atoms with Crippen molar-refractivity contribution in [1.29, 1.82) is 0 Å². The molecule has 0 radical (unpaired) electrons. The Hall–Kier alpha value is -1.19. The van der Waals surface area contributed by atoms with Crippen LogP contribution in [0.25, 0.3) is 0 Å². The van der Waals surface area contributed by atoms with Gasteiger partial charge < -0.3 is 4.74 Å². The van der Waals surface area contributed by atoms with Crippen LogP contribution in [-0.4, -0.2) is 16.9 Å². The summed E-state index contributed by atoms with van der Waals surface area (Å²) in [5.74, 6) is 1.12. The molecule has 1 aromatic carbocycles. The number of fused-ring (bicyclic) bond motifs is 1. The van der Waals surface area contributed by atoms with Crippen LogP contribution in [0.5, 0.6) is 5.75 Å². The molecule has 0 fully saturated rings. The first-order valence-corrected chi connectivity index (χ1v) is 7.46. The summed E-state index contributed by atoms with van der Waals surface area (Å²) < 4.78 is 7.52. The number of hydrogen-bond acceptors (Lipinski definition) is 2. The number of benzene rings is 1. The smallest absolute Gasteiger partial charge is 0.123 e. The van der Waals surface area contributed by atoms with Crippen LogP contribution in [0.3, 0.4) is 0 Å². The quantitative estimate of drug-likeness (QED) is 0.853. The van der Waals surface area contributed by atoms with Crippen molar-refractivity contribution in [3.05, 3.63) is 45.2 Å². The molecule has 0 bridgehead atoms. The SMILES string of the molecule is CCn1ncc2c1CC(c1c(OC)ccc(Cl)c1Cl)C2. The highest BCUT2D eigenvalue weighted by molar-refractivity contribution is 6.42. The Kier molecular flexibility index (Phi) is 3.65. The Labute approximate surface area is 128 Å². The molecule has 1 heterocycles. The summed E-state index contributed by atoms with van der Waals surface area (Å²) in [5.41, 5.74) is 3.62. The predicted octanol–water partition coefficient (Wildman–Crippen LogP) is 4.10. The second kappa shape index (κ2) is 5.30. The van der Waals surface area contributed by atoms with E-state index in [2.05, 4.69) is 16.7 Å². The molecule has 2 aromatic rings. The van der Waals surface area contributed by atoms with Gasteiger partial charge in [0, 0.05) is 17.8 Å². The zero-order valence-electron chi connectivity index (χ0n) is 11.5. The average Bonchev–Trinajstić information content (AvgIpc) is 3.01. The zero-order chi connectivity index (χ0) is 14.3. The van der Waals surface area contributed by atoms with E-state index in [-0.39, 0.29) is 0 Å². The fourth-order valence-electron chi connectivity index (χ4n) is 3.01. The first-order chi connectivity index (χ1) is 9.65. The van der Waals surface area contributed by atoms with Crippen LogP contribution < -0.4 is 4.74 Å². The van der Waals surface area contributed by atoms with Crippen molar-refractivity contribution < 1.29 is 4.74 Å². The Morgan fingerprint density at radius 2 is 2.15 bits per heavy atom. The Balaban J connectivity index is 2.00. The lowest BCUT2D eigenvalue weighted by Crippen LogP contribution is -2.06. The second-order valence-corrected chi connectivity index (χ2v) is 5.80. The van der Waals surface area contributed by atoms with Gasteiger partial charge in [-0.15, -0.1) is 0 Å². The van der Waals surface area contributed by atoms with Crippen molar-refractivity contribution in [3.8, 4) is 5.75 Å². The highest BCUT2D eigenvalue weighted by Crippen LogP contribution is 2.43. The van der Waals surface area contributed by atoms with Crippen LogP contribution in [0, 0.1) is 0 Å². The van der Waals surface area contributed by atoms with Crippen molar-refractivity contribution in [2.24, 2.45) is 0 Å². The van der Waals surface area contributed by atoms with E-state index in [0.717, 1.165) is 30.7 Å². The van der Waals surface area contributed by atoms with Crippen LogP contribution in [0.4, 0.5) is 0 Å². The molecule has 1 atom stereocenters. The maximum Gasteiger partial charge on any atom is 0.123 e. The number of aryl methyl sites for hydroxylation is 1. The van der Waals surface area contributed by atoms with Gasteiger partial charge in [-0.3, -0.25) is 4.68 Å². The average molecular weight is 311 g/mol. The summed E-state index contributed by atoms with van der Waals surface area (Å²) in [5, 5.41) is 5.58. The van der Waals surface area contributed by atoms with Crippen LogP contribution in [0.1, 0.15) is 29.7 Å². The molecular formula is C15H16Cl2N2O. The third kappa shape index (κ3) is 2.09. The third-order valence-electron chi connectivity index (χ3n) is 3.96. The van der Waals surface area contributed by atoms with Gasteiger partial charge in [0.25, 0.3) is 0 Å². The van der Waals surface area contributed by atoms with E-state index in [1.54, 1.807) is 13.2 Å². The Morgan fingerprint density at radius 1 is 1.35 bits per heavy atom. The normalized spacial score (nSPS) is 17.3. The van der Waals surface area contributed by atoms with Gasteiger partial charge in [-0.1, -0.05) is 23.2 Å². The van der Waals surface area contributed by atoms with Gasteiger partial charge in [-0.05, 0) is 43.4 Å². The highest BCUT2D eigenvalue weighted by atomic mass is 35.5. The number of nitrogens with zero attached hydrogens (tertiary/aromatic N) is 2. The van der Waals surface area contributed by atoms with Crippen LogP contribution >= 0.6 is 23.2 Å². The summed E-state index contributed by atoms with van der Waals surface area (Å²) in [4.78, 5) is 0. The lowest BCUT2D eigenvalue weighted by molar-refractivity contribution is 0.405. The molecule has 5 heteroatoms. The topological polar surface area (TPSA) is 27.1 Å². The van der Waals surface area contributed by atoms with Crippen molar-refractivity contribution in [2.75, 3.05) is 7.11 Å². The van der Waals surface area contributed by atoms with E-state index in [4.69, 9.17) is 27.9 Å². The summed E-state index contributed by atoms with van der Waals surface area (Å²) in [6, 6.07) is 3.67. The molecule has 0 amide bonds. The molecule has 106 valence electrons. The van der Waals surface area contributed by atoms with Crippen molar-refractivity contribution in [3.63, 3.8) is 0 Å². The zero-order valence-corrected chi connectivity index (χ0v) is 13.0. The van der Waals surface area contributed by atoms with E-state index in [1.807, 2.05) is 12.3 Å². The monoisotopic (exact) mass is 310 g/mol. The minimum absolute atomic E-state index is 0.307. The van der Waals surface area contributed by atoms with Crippen molar-refractivity contribution >= 4 is 23.2 Å². The molecule has 1 aliphatic carbocycles. The molecule has 1 aromatic heterocycles. The van der Waals surface area contributed by atoms with Gasteiger partial charge in [0.2, 0.25) is 0 Å². The molecule has 0 N–H and O–H groups in total. The maximum atomic E-state index is 6.41. The molecule has 1 aliphatic rings. The first kappa shape index (κ1) is 13.8. The largest absolute Gasteiger partial charge is 0.496 e. The summed E-state index contributed by atoms with van der Waals surface area (Å²) in [6.07, 6.45) is 3.83. The van der Waals surface area contributed by atoms with Crippen molar-refractivity contribution in [2.45, 2.75) is 32.2 Å². The van der Waals surface area contributed by atoms with Gasteiger partial charge in [0.1, 0.15) is 5.75 Å². The minimum Gasteiger partial charge on any atom is -0.496 e. The van der Waals surface area contributed by atoms with E-state index >= 15 is 0 Å². The molecule has 0 saturated heterocycles. The second-order valence-electron chi connectivity index (χ2n) is 5.01. The molecule has 0 saturated carbocycles. The number of methoxy groups -OCH3 is 1. The third-order valence-corrected chi connectivity index (χ3v) is 4.78. The van der Waals surface area contributed by atoms with Crippen LogP contribution in [0.15, 0.2) is 18.3 Å². The maximum absolute atomic E-state index is 6.41. The van der Waals surface area contributed by atoms with E-state index in [0.29, 0.717) is 16.0 Å². The predicted molar refractivity (Wildman–Crippen MR) is 81.1 cm³/mol. The van der Waals surface area contributed by atoms with E-state index < -0.39 is 0 Å². The number of ether oxygens (including phenoxy) is 1. The van der Waals surface area contributed by atoms with E-state index in [1.165, 1.54) is 11.3 Å². The number of halogens is 2. The number of aromatic nitrogens is 2. The van der Waals surface area contributed by atoms with Gasteiger partial charge in [0.15, 0.2) is 0 Å². The molecule has 0 aliphatic heterocycles. The Morgan fingerprint density at radius 3 is 2.85 bits per heavy atom. The van der Waals surface area contributed by atoms with Gasteiger partial charge in [-0.2, -0.15) is 5.10 Å². The fraction of sp³-hybridized carbons (Fsp3) is 0.400. The number of hydrogen-bond donors (Lipinski definition) is 0. The molecular weight excluding hydrogens is 295 g/mol. The molecule has 3 nitrogen and oxygen atoms in total. The summed E-state index contributed by atoms with van der Waals surface area (Å²) in [6.45, 7) is 3.00. The van der Waals surface area contributed by atoms with Crippen molar-refractivity contribution in [1.82, 2.24) is 9.78 Å². The lowest BCUT2D eigenvalue weighted by atomic mass is 9.95. The van der Waals surface area contributed by atoms with Crippen LogP contribution in [-0.2, 0) is 19.4 Å². The Bertz CT molecular complexity index is 652. The van der Waals surface area contributed by atoms with E-state index in [9.17, 15) is 0 Å². The number of rotatable bonds is 3. The summed E-state index contributed by atoms with van der Waals surface area (Å²) in [7, 11) is 1.67. The first-order valence-electron chi connectivity index (χ1n) is 6.71. The summed E-state index contributed by atoms with van der Waals surface area (Å²) >= 11 is 12.6. The highest BCUT2D eigenvalue weighted by Gasteiger charge is 2.30. The minimum atomic E-state index is 0.307. The van der Waals surface area contributed by atoms with Gasteiger partial charge >= 0.3 is 0 Å². The van der Waals surface area contributed by atoms with Gasteiger partial charge in [0.05, 0.1) is 23.4 Å². The molecule has 1 unspecified atom stereocenters. The fourth-order valence-corrected chi connectivity index (χ4v) is 3.49. The standard InChI is InChI=1S/C15H16Cl2N2O/c1-3-19-12-7-9(6-10(12)8-18-19)14-13(20-2)5-4-11(16)15(14)17/h4-5,8-9H,3,6-7H2,1-2H3. The molecule has 0 spiro atoms. The molecule has 20 heavy (non-hydrogen) atoms. The molecule has 3 rings (SSSR count). The van der Waals surface area contributed by atoms with Crippen LogP contribution in [0.2, 0.25) is 10.0 Å². The van der Waals surface area contributed by atoms with Gasteiger partial charge in [-0.25, -0.2) is 0 Å². The lowest BCUT2D eigenvalue weighted by Gasteiger charge is -2.17.